The van der Waals surface area contributed by atoms with Crippen LogP contribution in [0, 0.1) is 0 Å². The Balaban J connectivity index is 1.71. The lowest BCUT2D eigenvalue weighted by Gasteiger charge is -2.24. The van der Waals surface area contributed by atoms with E-state index in [9.17, 15) is 9.59 Å². The molecule has 1 aliphatic heterocycles. The van der Waals surface area contributed by atoms with Gasteiger partial charge in [0.25, 0.3) is 11.8 Å². The first-order chi connectivity index (χ1) is 12.7. The number of carbonyl (C=O) groups excluding carboxylic acids is 2. The van der Waals surface area contributed by atoms with Crippen molar-refractivity contribution in [3.8, 4) is 5.75 Å². The quantitative estimate of drug-likeness (QED) is 0.771. The van der Waals surface area contributed by atoms with E-state index in [2.05, 4.69) is 16.0 Å². The Morgan fingerprint density at radius 1 is 1.08 bits per heavy atom. The van der Waals surface area contributed by atoms with E-state index in [0.29, 0.717) is 22.6 Å². The van der Waals surface area contributed by atoms with Crippen LogP contribution in [-0.4, -0.2) is 38.1 Å². The van der Waals surface area contributed by atoms with Gasteiger partial charge in [-0.25, -0.2) is 0 Å². The largest absolute Gasteiger partial charge is 0.497 e. The van der Waals surface area contributed by atoms with Crippen molar-refractivity contribution >= 4 is 17.5 Å². The standard InChI is InChI=1S/C20H23N3O3/c1-26-16-10-8-14(9-11-16)19(24)23-18-7-3-2-6-17(18)20(25)22-15-5-4-12-21-13-15/h2-3,6-11,15,21H,4-5,12-13H2,1H3,(H,22,25)(H,23,24). The maximum Gasteiger partial charge on any atom is 0.255 e. The Hall–Kier alpha value is -2.86. The smallest absolute Gasteiger partial charge is 0.255 e. The number of piperidine rings is 1. The number of nitrogens with one attached hydrogen (secondary N) is 3. The van der Waals surface area contributed by atoms with Gasteiger partial charge in [-0.1, -0.05) is 12.1 Å². The summed E-state index contributed by atoms with van der Waals surface area (Å²) in [4.78, 5) is 25.1. The fourth-order valence-corrected chi connectivity index (χ4v) is 2.97. The molecule has 26 heavy (non-hydrogen) atoms. The third-order valence-electron chi connectivity index (χ3n) is 4.40. The van der Waals surface area contributed by atoms with Gasteiger partial charge in [-0.2, -0.15) is 0 Å². The van der Waals surface area contributed by atoms with Crippen LogP contribution in [0.25, 0.3) is 0 Å². The Morgan fingerprint density at radius 2 is 1.85 bits per heavy atom. The van der Waals surface area contributed by atoms with Crippen LogP contribution >= 0.6 is 0 Å². The van der Waals surface area contributed by atoms with E-state index in [1.807, 2.05) is 0 Å². The van der Waals surface area contributed by atoms with Gasteiger partial charge in [0, 0.05) is 18.2 Å². The molecular formula is C20H23N3O3. The molecule has 1 unspecified atom stereocenters. The molecule has 0 aromatic heterocycles. The van der Waals surface area contributed by atoms with Gasteiger partial charge in [-0.05, 0) is 55.8 Å². The van der Waals surface area contributed by atoms with E-state index in [-0.39, 0.29) is 17.9 Å². The molecule has 0 radical (unpaired) electrons. The number of carbonyl (C=O) groups is 2. The summed E-state index contributed by atoms with van der Waals surface area (Å²) in [5, 5.41) is 9.14. The van der Waals surface area contributed by atoms with Crippen molar-refractivity contribution < 1.29 is 14.3 Å². The minimum absolute atomic E-state index is 0.113. The van der Waals surface area contributed by atoms with E-state index >= 15 is 0 Å². The predicted octanol–water partition coefficient (Wildman–Crippen LogP) is 2.43. The molecule has 136 valence electrons. The van der Waals surface area contributed by atoms with Crippen molar-refractivity contribution in [1.29, 1.82) is 0 Å². The second kappa shape index (κ2) is 8.49. The minimum atomic E-state index is -0.271. The molecule has 1 aliphatic rings. The van der Waals surface area contributed by atoms with E-state index in [4.69, 9.17) is 4.74 Å². The maximum atomic E-state index is 12.6. The van der Waals surface area contributed by atoms with E-state index < -0.39 is 0 Å². The summed E-state index contributed by atoms with van der Waals surface area (Å²) < 4.78 is 5.10. The number of hydrogen-bond acceptors (Lipinski definition) is 4. The molecule has 1 heterocycles. The molecule has 0 aliphatic carbocycles. The Kier molecular flexibility index (Phi) is 5.86. The average Bonchev–Trinajstić information content (AvgIpc) is 2.69. The number of rotatable bonds is 5. The molecular weight excluding hydrogens is 330 g/mol. The van der Waals surface area contributed by atoms with Crippen molar-refractivity contribution in [2.45, 2.75) is 18.9 Å². The van der Waals surface area contributed by atoms with Gasteiger partial charge in [-0.3, -0.25) is 9.59 Å². The molecule has 0 spiro atoms. The number of methoxy groups -OCH3 is 1. The molecule has 0 bridgehead atoms. The van der Waals surface area contributed by atoms with Gasteiger partial charge in [0.15, 0.2) is 0 Å². The second-order valence-corrected chi connectivity index (χ2v) is 6.24. The second-order valence-electron chi connectivity index (χ2n) is 6.24. The predicted molar refractivity (Wildman–Crippen MR) is 101 cm³/mol. The third-order valence-corrected chi connectivity index (χ3v) is 4.40. The zero-order valence-electron chi connectivity index (χ0n) is 14.7. The molecule has 6 heteroatoms. The Bertz CT molecular complexity index is 768. The number of hydrogen-bond donors (Lipinski definition) is 3. The number of ether oxygens (including phenoxy) is 1. The number of anilines is 1. The van der Waals surface area contributed by atoms with Gasteiger partial charge in [-0.15, -0.1) is 0 Å². The summed E-state index contributed by atoms with van der Waals surface area (Å²) in [5.41, 5.74) is 1.45. The summed E-state index contributed by atoms with van der Waals surface area (Å²) in [6, 6.07) is 14.0. The van der Waals surface area contributed by atoms with Gasteiger partial charge in [0.2, 0.25) is 0 Å². The van der Waals surface area contributed by atoms with Crippen LogP contribution in [0.2, 0.25) is 0 Å². The summed E-state index contributed by atoms with van der Waals surface area (Å²) >= 11 is 0. The first-order valence-electron chi connectivity index (χ1n) is 8.73. The van der Waals surface area contributed by atoms with Crippen LogP contribution in [0.3, 0.4) is 0 Å². The number of amides is 2. The lowest BCUT2D eigenvalue weighted by molar-refractivity contribution is 0.0931. The lowest BCUT2D eigenvalue weighted by Crippen LogP contribution is -2.45. The van der Waals surface area contributed by atoms with Crippen LogP contribution in [0.5, 0.6) is 5.75 Å². The average molecular weight is 353 g/mol. The van der Waals surface area contributed by atoms with Gasteiger partial charge >= 0.3 is 0 Å². The van der Waals surface area contributed by atoms with Crippen molar-refractivity contribution in [1.82, 2.24) is 10.6 Å². The zero-order chi connectivity index (χ0) is 18.4. The summed E-state index contributed by atoms with van der Waals surface area (Å²) in [6.07, 6.45) is 2.00. The molecule has 3 N–H and O–H groups in total. The van der Waals surface area contributed by atoms with Crippen molar-refractivity contribution in [3.05, 3.63) is 59.7 Å². The van der Waals surface area contributed by atoms with Crippen molar-refractivity contribution in [3.63, 3.8) is 0 Å². The van der Waals surface area contributed by atoms with E-state index in [0.717, 1.165) is 25.9 Å². The fourth-order valence-electron chi connectivity index (χ4n) is 2.97. The van der Waals surface area contributed by atoms with E-state index in [1.54, 1.807) is 55.6 Å². The van der Waals surface area contributed by atoms with Crippen LogP contribution in [0.1, 0.15) is 33.6 Å². The van der Waals surface area contributed by atoms with E-state index in [1.165, 1.54) is 0 Å². The number of benzene rings is 2. The van der Waals surface area contributed by atoms with Crippen molar-refractivity contribution in [2.75, 3.05) is 25.5 Å². The van der Waals surface area contributed by atoms with Crippen LogP contribution in [-0.2, 0) is 0 Å². The highest BCUT2D eigenvalue weighted by atomic mass is 16.5. The summed E-state index contributed by atoms with van der Waals surface area (Å²) in [5.74, 6) is 0.235. The molecule has 1 atom stereocenters. The Labute approximate surface area is 152 Å². The first kappa shape index (κ1) is 17.9. The monoisotopic (exact) mass is 353 g/mol. The zero-order valence-corrected chi connectivity index (χ0v) is 14.7. The highest BCUT2D eigenvalue weighted by molar-refractivity contribution is 6.09. The normalized spacial score (nSPS) is 16.6. The highest BCUT2D eigenvalue weighted by Crippen LogP contribution is 2.18. The molecule has 1 saturated heterocycles. The summed E-state index contributed by atoms with van der Waals surface area (Å²) in [7, 11) is 1.58. The molecule has 0 saturated carbocycles. The van der Waals surface area contributed by atoms with Crippen LogP contribution < -0.4 is 20.7 Å². The number of para-hydroxylation sites is 1. The lowest BCUT2D eigenvalue weighted by atomic mass is 10.1. The maximum absolute atomic E-state index is 12.6. The Morgan fingerprint density at radius 3 is 2.54 bits per heavy atom. The molecule has 2 aromatic rings. The summed E-state index contributed by atoms with van der Waals surface area (Å²) in [6.45, 7) is 1.76. The van der Waals surface area contributed by atoms with Crippen LogP contribution in [0.15, 0.2) is 48.5 Å². The van der Waals surface area contributed by atoms with Gasteiger partial charge in [0.1, 0.15) is 5.75 Å². The van der Waals surface area contributed by atoms with Crippen molar-refractivity contribution in [2.24, 2.45) is 0 Å². The van der Waals surface area contributed by atoms with Gasteiger partial charge < -0.3 is 20.7 Å². The highest BCUT2D eigenvalue weighted by Gasteiger charge is 2.19. The molecule has 6 nitrogen and oxygen atoms in total. The molecule has 3 rings (SSSR count). The molecule has 2 amide bonds. The van der Waals surface area contributed by atoms with Crippen LogP contribution in [0.4, 0.5) is 5.69 Å². The SMILES string of the molecule is COc1ccc(C(=O)Nc2ccccc2C(=O)NC2CCCNC2)cc1. The fraction of sp³-hybridized carbons (Fsp3) is 0.300. The third kappa shape index (κ3) is 4.40. The minimum Gasteiger partial charge on any atom is -0.497 e. The topological polar surface area (TPSA) is 79.5 Å². The first-order valence-corrected chi connectivity index (χ1v) is 8.73. The molecule has 2 aromatic carbocycles. The van der Waals surface area contributed by atoms with Gasteiger partial charge in [0.05, 0.1) is 18.4 Å². The molecule has 1 fully saturated rings.